The van der Waals surface area contributed by atoms with Gasteiger partial charge >= 0.3 is 0 Å². The van der Waals surface area contributed by atoms with Crippen molar-refractivity contribution in [3.05, 3.63) is 33.8 Å². The third-order valence-electron chi connectivity index (χ3n) is 2.71. The lowest BCUT2D eigenvalue weighted by Gasteiger charge is -2.26. The van der Waals surface area contributed by atoms with Gasteiger partial charge in [0.2, 0.25) is 0 Å². The van der Waals surface area contributed by atoms with Crippen molar-refractivity contribution < 1.29 is 0 Å². The van der Waals surface area contributed by atoms with E-state index in [1.165, 1.54) is 0 Å². The van der Waals surface area contributed by atoms with Crippen molar-refractivity contribution in [3.63, 3.8) is 0 Å². The molecule has 0 amide bonds. The number of hydrogen-bond acceptors (Lipinski definition) is 1. The molecule has 4 heteroatoms. The summed E-state index contributed by atoms with van der Waals surface area (Å²) in [5.74, 6) is 0. The summed E-state index contributed by atoms with van der Waals surface area (Å²) >= 11 is 15.7. The number of hydrogen-bond donors (Lipinski definition) is 0. The van der Waals surface area contributed by atoms with Crippen LogP contribution in [0.1, 0.15) is 25.8 Å². The minimum Gasteiger partial charge on any atom is -0.297 e. The van der Waals surface area contributed by atoms with E-state index in [2.05, 4.69) is 34.7 Å². The Bertz CT molecular complexity index is 355. The Kier molecular flexibility index (Phi) is 6.86. The predicted molar refractivity (Wildman–Crippen MR) is 80.4 cm³/mol. The smallest absolute Gasteiger partial charge is 0.0637 e. The first-order valence-electron chi connectivity index (χ1n) is 5.79. The lowest BCUT2D eigenvalue weighted by Crippen LogP contribution is -2.31. The van der Waals surface area contributed by atoms with Crippen molar-refractivity contribution in [1.29, 1.82) is 0 Å². The van der Waals surface area contributed by atoms with E-state index >= 15 is 0 Å². The molecule has 96 valence electrons. The first-order valence-corrected chi connectivity index (χ1v) is 7.67. The molecule has 1 aromatic rings. The van der Waals surface area contributed by atoms with Gasteiger partial charge in [0.25, 0.3) is 0 Å². The molecule has 0 heterocycles. The van der Waals surface area contributed by atoms with Crippen molar-refractivity contribution in [3.8, 4) is 0 Å². The van der Waals surface area contributed by atoms with Gasteiger partial charge in [0.05, 0.1) is 10.0 Å². The zero-order valence-electron chi connectivity index (χ0n) is 10.2. The van der Waals surface area contributed by atoms with Gasteiger partial charge < -0.3 is 0 Å². The van der Waals surface area contributed by atoms with Crippen LogP contribution < -0.4 is 0 Å². The summed E-state index contributed by atoms with van der Waals surface area (Å²) in [5.41, 5.74) is 1.10. The van der Waals surface area contributed by atoms with Crippen LogP contribution in [0.3, 0.4) is 0 Å². The fourth-order valence-corrected chi connectivity index (χ4v) is 2.30. The molecule has 0 radical (unpaired) electrons. The quantitative estimate of drug-likeness (QED) is 0.660. The summed E-state index contributed by atoms with van der Waals surface area (Å²) in [6, 6.07) is 6.32. The average molecular weight is 339 g/mol. The second-order valence-corrected chi connectivity index (χ2v) is 5.90. The van der Waals surface area contributed by atoms with Crippen LogP contribution in [0, 0.1) is 0 Å². The molecule has 0 aliphatic heterocycles. The van der Waals surface area contributed by atoms with Crippen molar-refractivity contribution in [1.82, 2.24) is 4.90 Å². The average Bonchev–Trinajstić information content (AvgIpc) is 2.29. The van der Waals surface area contributed by atoms with Gasteiger partial charge in [-0.05, 0) is 38.4 Å². The number of benzene rings is 1. The van der Waals surface area contributed by atoms with Gasteiger partial charge in [0.15, 0.2) is 0 Å². The van der Waals surface area contributed by atoms with Crippen molar-refractivity contribution in [2.45, 2.75) is 32.9 Å². The number of halogens is 3. The Morgan fingerprint density at radius 1 is 1.29 bits per heavy atom. The van der Waals surface area contributed by atoms with Gasteiger partial charge in [-0.25, -0.2) is 0 Å². The monoisotopic (exact) mass is 337 g/mol. The first kappa shape index (κ1) is 15.3. The molecular formula is C13H18BrCl2N. The van der Waals surface area contributed by atoms with Crippen LogP contribution in [-0.2, 0) is 6.54 Å². The summed E-state index contributed by atoms with van der Waals surface area (Å²) in [5, 5.41) is 2.34. The second kappa shape index (κ2) is 7.63. The third-order valence-corrected chi connectivity index (χ3v) is 4.13. The summed E-state index contributed by atoms with van der Waals surface area (Å²) in [4.78, 5) is 2.40. The minimum absolute atomic E-state index is 0.504. The highest BCUT2D eigenvalue weighted by atomic mass is 79.9. The van der Waals surface area contributed by atoms with E-state index in [0.29, 0.717) is 16.1 Å². The maximum Gasteiger partial charge on any atom is 0.0637 e. The van der Waals surface area contributed by atoms with E-state index in [4.69, 9.17) is 23.2 Å². The van der Waals surface area contributed by atoms with Gasteiger partial charge in [-0.15, -0.1) is 0 Å². The van der Waals surface area contributed by atoms with Gasteiger partial charge in [-0.2, -0.15) is 0 Å². The molecule has 0 aromatic heterocycles. The fraction of sp³-hybridized carbons (Fsp3) is 0.538. The molecule has 0 spiro atoms. The lowest BCUT2D eigenvalue weighted by molar-refractivity contribution is 0.214. The predicted octanol–water partition coefficient (Wildman–Crippen LogP) is 4.99. The van der Waals surface area contributed by atoms with Crippen molar-refractivity contribution in [2.24, 2.45) is 0 Å². The molecule has 0 saturated heterocycles. The Labute approximate surface area is 122 Å². The van der Waals surface area contributed by atoms with Crippen LogP contribution >= 0.6 is 39.1 Å². The summed E-state index contributed by atoms with van der Waals surface area (Å²) < 4.78 is 0. The van der Waals surface area contributed by atoms with Gasteiger partial charge in [0, 0.05) is 17.9 Å². The number of rotatable bonds is 6. The van der Waals surface area contributed by atoms with Gasteiger partial charge in [-0.3, -0.25) is 4.90 Å². The van der Waals surface area contributed by atoms with Crippen LogP contribution in [-0.4, -0.2) is 22.8 Å². The Morgan fingerprint density at radius 2 is 2.00 bits per heavy atom. The molecule has 1 rings (SSSR count). The van der Waals surface area contributed by atoms with E-state index < -0.39 is 0 Å². The van der Waals surface area contributed by atoms with E-state index in [1.54, 1.807) is 0 Å². The van der Waals surface area contributed by atoms with Crippen molar-refractivity contribution in [2.75, 3.05) is 11.9 Å². The minimum atomic E-state index is 0.504. The van der Waals surface area contributed by atoms with E-state index in [-0.39, 0.29) is 0 Å². The molecular weight excluding hydrogens is 321 g/mol. The maximum atomic E-state index is 6.21. The fourth-order valence-electron chi connectivity index (χ4n) is 1.67. The molecule has 1 nitrogen and oxygen atoms in total. The highest BCUT2D eigenvalue weighted by Gasteiger charge is 2.12. The Morgan fingerprint density at radius 3 is 2.59 bits per heavy atom. The molecule has 0 saturated carbocycles. The molecule has 0 bridgehead atoms. The van der Waals surface area contributed by atoms with Crippen LogP contribution in [0.15, 0.2) is 18.2 Å². The zero-order chi connectivity index (χ0) is 12.8. The normalized spacial score (nSPS) is 11.5. The summed E-state index contributed by atoms with van der Waals surface area (Å²) in [6.45, 7) is 6.31. The molecule has 0 fully saturated rings. The van der Waals surface area contributed by atoms with E-state index in [0.717, 1.165) is 30.4 Å². The molecule has 0 atom stereocenters. The summed E-state index contributed by atoms with van der Waals surface area (Å²) in [6.07, 6.45) is 1.14. The lowest BCUT2D eigenvalue weighted by atomic mass is 10.2. The number of nitrogens with zero attached hydrogens (tertiary/aromatic N) is 1. The van der Waals surface area contributed by atoms with Crippen molar-refractivity contribution >= 4 is 39.1 Å². The topological polar surface area (TPSA) is 3.24 Å². The van der Waals surface area contributed by atoms with Crippen LogP contribution in [0.2, 0.25) is 10.0 Å². The highest BCUT2D eigenvalue weighted by molar-refractivity contribution is 9.09. The van der Waals surface area contributed by atoms with E-state index in [9.17, 15) is 0 Å². The second-order valence-electron chi connectivity index (χ2n) is 4.32. The Balaban J connectivity index is 2.75. The molecule has 0 N–H and O–H groups in total. The van der Waals surface area contributed by atoms with Gasteiger partial charge in [0.1, 0.15) is 0 Å². The molecule has 0 aliphatic carbocycles. The van der Waals surface area contributed by atoms with Crippen LogP contribution in [0.5, 0.6) is 0 Å². The molecule has 0 unspecified atom stereocenters. The summed E-state index contributed by atoms with van der Waals surface area (Å²) in [7, 11) is 0. The highest BCUT2D eigenvalue weighted by Crippen LogP contribution is 2.26. The van der Waals surface area contributed by atoms with Crippen LogP contribution in [0.25, 0.3) is 0 Å². The van der Waals surface area contributed by atoms with Gasteiger partial charge in [-0.1, -0.05) is 51.3 Å². The molecule has 17 heavy (non-hydrogen) atoms. The molecule has 0 aliphatic rings. The first-order chi connectivity index (χ1) is 8.06. The largest absolute Gasteiger partial charge is 0.297 e. The zero-order valence-corrected chi connectivity index (χ0v) is 13.3. The standard InChI is InChI=1S/C13H18BrCl2N/c1-10(2)17(8-4-7-14)9-11-5-3-6-12(15)13(11)16/h3,5-6,10H,4,7-9H2,1-2H3. The van der Waals surface area contributed by atoms with Crippen LogP contribution in [0.4, 0.5) is 0 Å². The Hall–Kier alpha value is 0.240. The number of alkyl halides is 1. The third kappa shape index (κ3) is 4.78. The van der Waals surface area contributed by atoms with E-state index in [1.807, 2.05) is 18.2 Å². The SMILES string of the molecule is CC(C)N(CCCBr)Cc1cccc(Cl)c1Cl. The molecule has 1 aromatic carbocycles. The maximum absolute atomic E-state index is 6.21.